The second-order valence-electron chi connectivity index (χ2n) is 5.42. The van der Waals surface area contributed by atoms with Crippen molar-refractivity contribution in [1.29, 1.82) is 0 Å². The second-order valence-corrected chi connectivity index (χ2v) is 5.86. The number of nitrogens with one attached hydrogen (secondary N) is 1. The van der Waals surface area contributed by atoms with Crippen molar-refractivity contribution >= 4 is 23.2 Å². The molecule has 0 atom stereocenters. The quantitative estimate of drug-likeness (QED) is 0.824. The summed E-state index contributed by atoms with van der Waals surface area (Å²) < 4.78 is 0. The SMILES string of the molecule is CC(C)c1ccccc1NC(=O)CCc1cccc(Cl)c1. The lowest BCUT2D eigenvalue weighted by Crippen LogP contribution is -2.14. The third kappa shape index (κ3) is 4.61. The molecule has 110 valence electrons. The van der Waals surface area contributed by atoms with Crippen LogP contribution in [-0.4, -0.2) is 5.91 Å². The van der Waals surface area contributed by atoms with Crippen LogP contribution in [-0.2, 0) is 11.2 Å². The zero-order valence-corrected chi connectivity index (χ0v) is 13.2. The number of amides is 1. The molecule has 0 aliphatic carbocycles. The fraction of sp³-hybridized carbons (Fsp3) is 0.278. The smallest absolute Gasteiger partial charge is 0.224 e. The summed E-state index contributed by atoms with van der Waals surface area (Å²) in [5.74, 6) is 0.414. The van der Waals surface area contributed by atoms with Gasteiger partial charge in [0.15, 0.2) is 0 Å². The van der Waals surface area contributed by atoms with Crippen molar-refractivity contribution in [2.24, 2.45) is 0 Å². The molecule has 2 rings (SSSR count). The van der Waals surface area contributed by atoms with Crippen LogP contribution < -0.4 is 5.32 Å². The Balaban J connectivity index is 1.96. The van der Waals surface area contributed by atoms with E-state index in [9.17, 15) is 4.79 Å². The Labute approximate surface area is 131 Å². The lowest BCUT2D eigenvalue weighted by Gasteiger charge is -2.13. The summed E-state index contributed by atoms with van der Waals surface area (Å²) in [6.07, 6.45) is 1.14. The Bertz CT molecular complexity index is 622. The summed E-state index contributed by atoms with van der Waals surface area (Å²) in [7, 11) is 0. The van der Waals surface area contributed by atoms with Crippen molar-refractivity contribution in [1.82, 2.24) is 0 Å². The number of hydrogen-bond donors (Lipinski definition) is 1. The van der Waals surface area contributed by atoms with E-state index >= 15 is 0 Å². The van der Waals surface area contributed by atoms with Gasteiger partial charge < -0.3 is 5.32 Å². The highest BCUT2D eigenvalue weighted by atomic mass is 35.5. The first-order valence-electron chi connectivity index (χ1n) is 7.19. The van der Waals surface area contributed by atoms with Crippen LogP contribution in [0.5, 0.6) is 0 Å². The van der Waals surface area contributed by atoms with E-state index in [4.69, 9.17) is 11.6 Å². The molecule has 1 amide bonds. The number of halogens is 1. The maximum Gasteiger partial charge on any atom is 0.224 e. The molecule has 0 fully saturated rings. The van der Waals surface area contributed by atoms with Gasteiger partial charge in [0.1, 0.15) is 0 Å². The van der Waals surface area contributed by atoms with E-state index in [1.165, 1.54) is 0 Å². The van der Waals surface area contributed by atoms with Crippen molar-refractivity contribution in [3.05, 3.63) is 64.7 Å². The zero-order valence-electron chi connectivity index (χ0n) is 12.4. The predicted octanol–water partition coefficient (Wildman–Crippen LogP) is 5.03. The Hall–Kier alpha value is -1.80. The number of hydrogen-bond acceptors (Lipinski definition) is 1. The van der Waals surface area contributed by atoms with Crippen molar-refractivity contribution in [2.45, 2.75) is 32.6 Å². The molecule has 2 nitrogen and oxygen atoms in total. The number of carbonyl (C=O) groups is 1. The monoisotopic (exact) mass is 301 g/mol. The molecular formula is C18H20ClNO. The highest BCUT2D eigenvalue weighted by Gasteiger charge is 2.09. The molecule has 0 spiro atoms. The third-order valence-corrected chi connectivity index (χ3v) is 3.62. The summed E-state index contributed by atoms with van der Waals surface area (Å²) in [5.41, 5.74) is 3.15. The van der Waals surface area contributed by atoms with E-state index in [0.29, 0.717) is 23.8 Å². The van der Waals surface area contributed by atoms with E-state index in [-0.39, 0.29) is 5.91 Å². The lowest BCUT2D eigenvalue weighted by atomic mass is 10.0. The first-order valence-corrected chi connectivity index (χ1v) is 7.57. The molecular weight excluding hydrogens is 282 g/mol. The van der Waals surface area contributed by atoms with Crippen molar-refractivity contribution < 1.29 is 4.79 Å². The Morgan fingerprint density at radius 2 is 1.90 bits per heavy atom. The van der Waals surface area contributed by atoms with E-state index < -0.39 is 0 Å². The van der Waals surface area contributed by atoms with Crippen LogP contribution in [0.15, 0.2) is 48.5 Å². The van der Waals surface area contributed by atoms with Crippen molar-refractivity contribution in [3.63, 3.8) is 0 Å². The molecule has 0 heterocycles. The van der Waals surface area contributed by atoms with Gasteiger partial charge in [-0.25, -0.2) is 0 Å². The van der Waals surface area contributed by atoms with Crippen LogP contribution >= 0.6 is 11.6 Å². The number of benzene rings is 2. The molecule has 0 aliphatic rings. The van der Waals surface area contributed by atoms with Gasteiger partial charge >= 0.3 is 0 Å². The molecule has 1 N–H and O–H groups in total. The van der Waals surface area contributed by atoms with E-state index in [1.54, 1.807) is 0 Å². The van der Waals surface area contributed by atoms with Gasteiger partial charge in [-0.3, -0.25) is 4.79 Å². The highest BCUT2D eigenvalue weighted by molar-refractivity contribution is 6.30. The predicted molar refractivity (Wildman–Crippen MR) is 88.9 cm³/mol. The number of carbonyl (C=O) groups excluding carboxylic acids is 1. The summed E-state index contributed by atoms with van der Waals surface area (Å²) >= 11 is 5.94. The van der Waals surface area contributed by atoms with Gasteiger partial charge in [-0.15, -0.1) is 0 Å². The summed E-state index contributed by atoms with van der Waals surface area (Å²) in [4.78, 5) is 12.1. The van der Waals surface area contributed by atoms with Gasteiger partial charge in [0.25, 0.3) is 0 Å². The van der Waals surface area contributed by atoms with E-state index in [2.05, 4.69) is 25.2 Å². The van der Waals surface area contributed by atoms with Crippen LogP contribution in [0.3, 0.4) is 0 Å². The van der Waals surface area contributed by atoms with Crippen molar-refractivity contribution in [3.8, 4) is 0 Å². The second kappa shape index (κ2) is 7.28. The summed E-state index contributed by atoms with van der Waals surface area (Å²) in [6.45, 7) is 4.24. The van der Waals surface area contributed by atoms with Crippen LogP contribution in [0.2, 0.25) is 5.02 Å². The van der Waals surface area contributed by atoms with Gasteiger partial charge in [-0.2, -0.15) is 0 Å². The van der Waals surface area contributed by atoms with Gasteiger partial charge in [-0.1, -0.05) is 55.8 Å². The molecule has 0 unspecified atom stereocenters. The summed E-state index contributed by atoms with van der Waals surface area (Å²) in [5, 5.41) is 3.71. The van der Waals surface area contributed by atoms with Crippen molar-refractivity contribution in [2.75, 3.05) is 5.32 Å². The van der Waals surface area contributed by atoms with Crippen LogP contribution in [0.25, 0.3) is 0 Å². The minimum Gasteiger partial charge on any atom is -0.326 e. The highest BCUT2D eigenvalue weighted by Crippen LogP contribution is 2.23. The van der Waals surface area contributed by atoms with Crippen LogP contribution in [0, 0.1) is 0 Å². The minimum atomic E-state index is 0.0306. The molecule has 21 heavy (non-hydrogen) atoms. The maximum absolute atomic E-state index is 12.1. The number of rotatable bonds is 5. The summed E-state index contributed by atoms with van der Waals surface area (Å²) in [6, 6.07) is 15.6. The van der Waals surface area contributed by atoms with E-state index in [1.807, 2.05) is 42.5 Å². The molecule has 0 aliphatic heterocycles. The molecule has 0 bridgehead atoms. The van der Waals surface area contributed by atoms with Gasteiger partial charge in [-0.05, 0) is 41.7 Å². The number of aryl methyl sites for hydroxylation is 1. The van der Waals surface area contributed by atoms with Crippen LogP contribution in [0.1, 0.15) is 37.3 Å². The molecule has 3 heteroatoms. The maximum atomic E-state index is 12.1. The molecule has 0 saturated heterocycles. The molecule has 0 aromatic heterocycles. The Kier molecular flexibility index (Phi) is 5.40. The normalized spacial score (nSPS) is 10.7. The zero-order chi connectivity index (χ0) is 15.2. The molecule has 2 aromatic rings. The number of para-hydroxylation sites is 1. The fourth-order valence-electron chi connectivity index (χ4n) is 2.28. The Morgan fingerprint density at radius 3 is 2.62 bits per heavy atom. The molecule has 0 saturated carbocycles. The fourth-order valence-corrected chi connectivity index (χ4v) is 2.49. The van der Waals surface area contributed by atoms with E-state index in [0.717, 1.165) is 16.8 Å². The van der Waals surface area contributed by atoms with Crippen LogP contribution in [0.4, 0.5) is 5.69 Å². The molecule has 2 aromatic carbocycles. The average molecular weight is 302 g/mol. The van der Waals surface area contributed by atoms with Gasteiger partial charge in [0, 0.05) is 17.1 Å². The first-order chi connectivity index (χ1) is 10.1. The standard InChI is InChI=1S/C18H20ClNO/c1-13(2)16-8-3-4-9-17(16)20-18(21)11-10-14-6-5-7-15(19)12-14/h3-9,12-13H,10-11H2,1-2H3,(H,20,21). The van der Waals surface area contributed by atoms with Gasteiger partial charge in [0.2, 0.25) is 5.91 Å². The lowest BCUT2D eigenvalue weighted by molar-refractivity contribution is -0.116. The average Bonchev–Trinajstić information content (AvgIpc) is 2.45. The Morgan fingerprint density at radius 1 is 1.14 bits per heavy atom. The third-order valence-electron chi connectivity index (χ3n) is 3.39. The largest absolute Gasteiger partial charge is 0.326 e. The topological polar surface area (TPSA) is 29.1 Å². The minimum absolute atomic E-state index is 0.0306. The molecule has 0 radical (unpaired) electrons. The first kappa shape index (κ1) is 15.6. The van der Waals surface area contributed by atoms with Gasteiger partial charge in [0.05, 0.1) is 0 Å². The number of anilines is 1.